The highest BCUT2D eigenvalue weighted by Gasteiger charge is 2.11. The van der Waals surface area contributed by atoms with Crippen LogP contribution in [0.15, 0.2) is 34.8 Å². The molecular weight excluding hydrogens is 316 g/mol. The molecule has 104 valence electrons. The molecule has 0 bridgehead atoms. The summed E-state index contributed by atoms with van der Waals surface area (Å²) in [6, 6.07) is 9.30. The number of nitrogen functional groups attached to an aromatic ring is 1. The van der Waals surface area contributed by atoms with Crippen molar-refractivity contribution in [1.82, 2.24) is 0 Å². The molecule has 3 N–H and O–H groups in total. The number of nitrogens with two attached hydrogens (primary N) is 1. The molecule has 0 radical (unpaired) electrons. The lowest BCUT2D eigenvalue weighted by molar-refractivity contribution is 0.102. The van der Waals surface area contributed by atoms with E-state index in [1.807, 2.05) is 39.0 Å². The lowest BCUT2D eigenvalue weighted by atomic mass is 10.1. The minimum Gasteiger partial charge on any atom is -0.398 e. The van der Waals surface area contributed by atoms with E-state index in [1.165, 1.54) is 0 Å². The number of rotatable bonds is 2. The number of carbonyl (C=O) groups is 1. The van der Waals surface area contributed by atoms with Crippen LogP contribution in [0.3, 0.4) is 0 Å². The van der Waals surface area contributed by atoms with E-state index in [2.05, 4.69) is 21.2 Å². The molecule has 0 aliphatic carbocycles. The van der Waals surface area contributed by atoms with E-state index in [4.69, 9.17) is 5.73 Å². The van der Waals surface area contributed by atoms with Crippen LogP contribution in [0.5, 0.6) is 0 Å². The van der Waals surface area contributed by atoms with Crippen LogP contribution in [0.25, 0.3) is 0 Å². The maximum Gasteiger partial charge on any atom is 0.257 e. The van der Waals surface area contributed by atoms with E-state index in [1.54, 1.807) is 12.1 Å². The maximum absolute atomic E-state index is 12.3. The van der Waals surface area contributed by atoms with Gasteiger partial charge in [0, 0.05) is 15.8 Å². The second-order valence-corrected chi connectivity index (χ2v) is 5.76. The Morgan fingerprint density at radius 2 is 1.70 bits per heavy atom. The van der Waals surface area contributed by atoms with E-state index >= 15 is 0 Å². The second-order valence-electron chi connectivity index (χ2n) is 4.97. The molecule has 0 saturated heterocycles. The standard InChI is InChI=1S/C16H17BrN2O/c1-9-4-5-14(18)13(6-9)16(20)19-12-7-10(2)15(17)11(3)8-12/h4-8H,18H2,1-3H3,(H,19,20). The number of halogens is 1. The summed E-state index contributed by atoms with van der Waals surface area (Å²) in [5.74, 6) is -0.188. The summed E-state index contributed by atoms with van der Waals surface area (Å²) in [6.07, 6.45) is 0. The minimum absolute atomic E-state index is 0.188. The third-order valence-corrected chi connectivity index (χ3v) is 4.40. The van der Waals surface area contributed by atoms with Crippen LogP contribution in [0, 0.1) is 20.8 Å². The first-order chi connectivity index (χ1) is 9.38. The second kappa shape index (κ2) is 5.67. The van der Waals surface area contributed by atoms with Gasteiger partial charge in [0.1, 0.15) is 0 Å². The SMILES string of the molecule is Cc1ccc(N)c(C(=O)Nc2cc(C)c(Br)c(C)c2)c1. The van der Waals surface area contributed by atoms with E-state index in [0.717, 1.165) is 26.9 Å². The predicted octanol–water partition coefficient (Wildman–Crippen LogP) is 4.21. The molecule has 0 spiro atoms. The smallest absolute Gasteiger partial charge is 0.257 e. The summed E-state index contributed by atoms with van der Waals surface area (Å²) in [4.78, 5) is 12.3. The van der Waals surface area contributed by atoms with Crippen LogP contribution in [0.4, 0.5) is 11.4 Å². The van der Waals surface area contributed by atoms with Gasteiger partial charge < -0.3 is 11.1 Å². The Hall–Kier alpha value is -1.81. The number of benzene rings is 2. The first-order valence-corrected chi connectivity index (χ1v) is 7.12. The van der Waals surface area contributed by atoms with E-state index < -0.39 is 0 Å². The van der Waals surface area contributed by atoms with Crippen LogP contribution in [0.2, 0.25) is 0 Å². The molecule has 0 heterocycles. The topological polar surface area (TPSA) is 55.1 Å². The van der Waals surface area contributed by atoms with Crippen molar-refractivity contribution in [2.24, 2.45) is 0 Å². The summed E-state index contributed by atoms with van der Waals surface area (Å²) in [5, 5.41) is 2.90. The van der Waals surface area contributed by atoms with Crippen LogP contribution in [-0.2, 0) is 0 Å². The number of amides is 1. The van der Waals surface area contributed by atoms with Crippen molar-refractivity contribution in [1.29, 1.82) is 0 Å². The molecule has 0 unspecified atom stereocenters. The number of aryl methyl sites for hydroxylation is 3. The average Bonchev–Trinajstić information content (AvgIpc) is 2.38. The van der Waals surface area contributed by atoms with Crippen LogP contribution >= 0.6 is 15.9 Å². The molecule has 0 aliphatic heterocycles. The third kappa shape index (κ3) is 3.02. The molecule has 20 heavy (non-hydrogen) atoms. The van der Waals surface area contributed by atoms with Crippen molar-refractivity contribution in [2.45, 2.75) is 20.8 Å². The van der Waals surface area contributed by atoms with E-state index in [-0.39, 0.29) is 5.91 Å². The first kappa shape index (κ1) is 14.6. The zero-order valence-electron chi connectivity index (χ0n) is 11.8. The van der Waals surface area contributed by atoms with Gasteiger partial charge >= 0.3 is 0 Å². The Balaban J connectivity index is 2.30. The molecule has 2 rings (SSSR count). The highest BCUT2D eigenvalue weighted by atomic mass is 79.9. The zero-order valence-corrected chi connectivity index (χ0v) is 13.3. The largest absolute Gasteiger partial charge is 0.398 e. The minimum atomic E-state index is -0.188. The molecule has 0 saturated carbocycles. The number of hydrogen-bond acceptors (Lipinski definition) is 2. The fraction of sp³-hybridized carbons (Fsp3) is 0.188. The summed E-state index contributed by atoms with van der Waals surface area (Å²) < 4.78 is 1.06. The van der Waals surface area contributed by atoms with Crippen molar-refractivity contribution >= 4 is 33.2 Å². The average molecular weight is 333 g/mol. The molecular formula is C16H17BrN2O. The summed E-state index contributed by atoms with van der Waals surface area (Å²) in [5.41, 5.74) is 10.8. The number of hydrogen-bond donors (Lipinski definition) is 2. The Labute approximate surface area is 127 Å². The van der Waals surface area contributed by atoms with Crippen molar-refractivity contribution < 1.29 is 4.79 Å². The lowest BCUT2D eigenvalue weighted by Crippen LogP contribution is -2.14. The Kier molecular flexibility index (Phi) is 4.14. The molecule has 4 heteroatoms. The maximum atomic E-state index is 12.3. The van der Waals surface area contributed by atoms with Gasteiger partial charge in [0.05, 0.1) is 5.56 Å². The van der Waals surface area contributed by atoms with Gasteiger partial charge in [-0.05, 0) is 56.2 Å². The van der Waals surface area contributed by atoms with Gasteiger partial charge in [-0.2, -0.15) is 0 Å². The number of carbonyl (C=O) groups excluding carboxylic acids is 1. The Morgan fingerprint density at radius 3 is 2.30 bits per heavy atom. The monoisotopic (exact) mass is 332 g/mol. The van der Waals surface area contributed by atoms with Gasteiger partial charge in [0.15, 0.2) is 0 Å². The summed E-state index contributed by atoms with van der Waals surface area (Å²) >= 11 is 3.51. The first-order valence-electron chi connectivity index (χ1n) is 6.32. The molecule has 0 aliphatic rings. The molecule has 0 aromatic heterocycles. The molecule has 0 fully saturated rings. The van der Waals surface area contributed by atoms with Gasteiger partial charge in [-0.1, -0.05) is 27.6 Å². The predicted molar refractivity (Wildman–Crippen MR) is 87.2 cm³/mol. The lowest BCUT2D eigenvalue weighted by Gasteiger charge is -2.11. The van der Waals surface area contributed by atoms with Crippen LogP contribution in [0.1, 0.15) is 27.0 Å². The van der Waals surface area contributed by atoms with Gasteiger partial charge in [0.2, 0.25) is 0 Å². The van der Waals surface area contributed by atoms with Crippen molar-refractivity contribution in [3.63, 3.8) is 0 Å². The van der Waals surface area contributed by atoms with Gasteiger partial charge in [-0.25, -0.2) is 0 Å². The normalized spacial score (nSPS) is 10.4. The molecule has 3 nitrogen and oxygen atoms in total. The van der Waals surface area contributed by atoms with Crippen molar-refractivity contribution in [3.05, 3.63) is 57.1 Å². The molecule has 1 amide bonds. The summed E-state index contributed by atoms with van der Waals surface area (Å²) in [6.45, 7) is 5.92. The van der Waals surface area contributed by atoms with Crippen molar-refractivity contribution in [3.8, 4) is 0 Å². The summed E-state index contributed by atoms with van der Waals surface area (Å²) in [7, 11) is 0. The van der Waals surface area contributed by atoms with Crippen LogP contribution in [-0.4, -0.2) is 5.91 Å². The van der Waals surface area contributed by atoms with Gasteiger partial charge in [-0.3, -0.25) is 4.79 Å². The molecule has 2 aromatic carbocycles. The molecule has 2 aromatic rings. The van der Waals surface area contributed by atoms with E-state index in [9.17, 15) is 4.79 Å². The quantitative estimate of drug-likeness (QED) is 0.809. The zero-order chi connectivity index (χ0) is 14.9. The van der Waals surface area contributed by atoms with Crippen LogP contribution < -0.4 is 11.1 Å². The third-order valence-electron chi connectivity index (χ3n) is 3.15. The fourth-order valence-electron chi connectivity index (χ4n) is 2.08. The fourth-order valence-corrected chi connectivity index (χ4v) is 2.31. The van der Waals surface area contributed by atoms with Gasteiger partial charge in [-0.15, -0.1) is 0 Å². The van der Waals surface area contributed by atoms with Crippen molar-refractivity contribution in [2.75, 3.05) is 11.1 Å². The molecule has 0 atom stereocenters. The Morgan fingerprint density at radius 1 is 1.10 bits per heavy atom. The van der Waals surface area contributed by atoms with E-state index in [0.29, 0.717) is 11.3 Å². The van der Waals surface area contributed by atoms with Gasteiger partial charge in [0.25, 0.3) is 5.91 Å². The Bertz CT molecular complexity index is 657. The number of anilines is 2. The highest BCUT2D eigenvalue weighted by molar-refractivity contribution is 9.10. The highest BCUT2D eigenvalue weighted by Crippen LogP contribution is 2.25. The number of nitrogens with one attached hydrogen (secondary N) is 1.